The van der Waals surface area contributed by atoms with E-state index in [1.165, 1.54) is 17.0 Å². The molecule has 4 aromatic rings. The summed E-state index contributed by atoms with van der Waals surface area (Å²) in [5.41, 5.74) is 7.00. The molecule has 6 nitrogen and oxygen atoms in total. The Bertz CT molecular complexity index is 1440. The van der Waals surface area contributed by atoms with Gasteiger partial charge in [0.05, 0.1) is 17.3 Å². The molecule has 2 amide bonds. The van der Waals surface area contributed by atoms with Crippen molar-refractivity contribution in [3.05, 3.63) is 106 Å². The van der Waals surface area contributed by atoms with Gasteiger partial charge in [-0.1, -0.05) is 53.2 Å². The van der Waals surface area contributed by atoms with E-state index in [2.05, 4.69) is 16.5 Å². The van der Waals surface area contributed by atoms with Gasteiger partial charge < -0.3 is 9.84 Å². The van der Waals surface area contributed by atoms with E-state index in [-0.39, 0.29) is 11.8 Å². The predicted octanol–water partition coefficient (Wildman–Crippen LogP) is 6.50. The first-order valence-electron chi connectivity index (χ1n) is 11.4. The van der Waals surface area contributed by atoms with Crippen molar-refractivity contribution in [1.29, 1.82) is 0 Å². The Hall–Kier alpha value is -4.26. The molecule has 0 radical (unpaired) electrons. The lowest BCUT2D eigenvalue weighted by Gasteiger charge is -2.35. The normalized spacial score (nSPS) is 16.0. The molecule has 0 saturated carbocycles. The van der Waals surface area contributed by atoms with Crippen molar-refractivity contribution in [2.24, 2.45) is 0 Å². The van der Waals surface area contributed by atoms with Gasteiger partial charge in [-0.2, -0.15) is 4.98 Å². The Labute approximate surface area is 203 Å². The summed E-state index contributed by atoms with van der Waals surface area (Å²) in [4.78, 5) is 19.5. The van der Waals surface area contributed by atoms with Crippen molar-refractivity contribution < 1.29 is 13.7 Å². The number of carbonyl (C=O) groups excluding carboxylic acids is 1. The van der Waals surface area contributed by atoms with Crippen molar-refractivity contribution in [3.63, 3.8) is 0 Å². The fraction of sp³-hybridized carbons (Fsp3) is 0.179. The van der Waals surface area contributed by atoms with Gasteiger partial charge in [0, 0.05) is 11.3 Å². The van der Waals surface area contributed by atoms with Crippen LogP contribution in [-0.2, 0) is 0 Å². The van der Waals surface area contributed by atoms with Crippen LogP contribution in [-0.4, -0.2) is 16.2 Å². The first-order chi connectivity index (χ1) is 16.8. The molecular weight excluding hydrogens is 443 g/mol. The van der Waals surface area contributed by atoms with Crippen LogP contribution in [0.3, 0.4) is 0 Å². The highest BCUT2D eigenvalue weighted by Crippen LogP contribution is 2.39. The lowest BCUT2D eigenvalue weighted by molar-refractivity contribution is 0.244. The third kappa shape index (κ3) is 4.21. The van der Waals surface area contributed by atoms with Gasteiger partial charge >= 0.3 is 6.03 Å². The van der Waals surface area contributed by atoms with Crippen LogP contribution in [0.4, 0.5) is 14.9 Å². The SMILES string of the molecule is CC1=C(c2nc(-c3ccc(C)cc3)no2)C(c2ccc(C)c(C)c2)NC(=O)N1c1ccc(F)cc1. The molecule has 0 saturated heterocycles. The van der Waals surface area contributed by atoms with Crippen LogP contribution in [0.2, 0.25) is 0 Å². The number of amides is 2. The van der Waals surface area contributed by atoms with Gasteiger partial charge in [-0.3, -0.25) is 4.90 Å². The van der Waals surface area contributed by atoms with E-state index in [4.69, 9.17) is 9.51 Å². The number of allylic oxidation sites excluding steroid dienone is 1. The lowest BCUT2D eigenvalue weighted by atomic mass is 9.92. The van der Waals surface area contributed by atoms with Crippen LogP contribution in [0.1, 0.15) is 41.1 Å². The first-order valence-corrected chi connectivity index (χ1v) is 11.4. The summed E-state index contributed by atoms with van der Waals surface area (Å²) in [5, 5.41) is 7.30. The summed E-state index contributed by atoms with van der Waals surface area (Å²) >= 11 is 0. The summed E-state index contributed by atoms with van der Waals surface area (Å²) in [7, 11) is 0. The maximum absolute atomic E-state index is 13.6. The van der Waals surface area contributed by atoms with Gasteiger partial charge in [0.2, 0.25) is 5.82 Å². The van der Waals surface area contributed by atoms with Crippen molar-refractivity contribution in [2.45, 2.75) is 33.7 Å². The van der Waals surface area contributed by atoms with Crippen molar-refractivity contribution >= 4 is 17.3 Å². The van der Waals surface area contributed by atoms with Gasteiger partial charge in [0.25, 0.3) is 5.89 Å². The molecule has 35 heavy (non-hydrogen) atoms. The van der Waals surface area contributed by atoms with Gasteiger partial charge in [-0.15, -0.1) is 0 Å². The minimum absolute atomic E-state index is 0.313. The molecule has 1 unspecified atom stereocenters. The van der Waals surface area contributed by atoms with Gasteiger partial charge in [-0.25, -0.2) is 9.18 Å². The molecule has 2 heterocycles. The summed E-state index contributed by atoms with van der Waals surface area (Å²) < 4.78 is 19.3. The molecule has 5 rings (SSSR count). The van der Waals surface area contributed by atoms with E-state index in [0.717, 1.165) is 27.8 Å². The highest BCUT2D eigenvalue weighted by molar-refractivity contribution is 6.01. The van der Waals surface area contributed by atoms with Crippen LogP contribution in [0, 0.1) is 26.6 Å². The van der Waals surface area contributed by atoms with E-state index in [0.29, 0.717) is 28.7 Å². The Morgan fingerprint density at radius 2 is 1.63 bits per heavy atom. The van der Waals surface area contributed by atoms with Crippen molar-refractivity contribution in [3.8, 4) is 11.4 Å². The molecule has 0 spiro atoms. The number of aryl methyl sites for hydroxylation is 3. The van der Waals surface area contributed by atoms with Crippen LogP contribution in [0.25, 0.3) is 17.0 Å². The minimum atomic E-state index is -0.496. The first kappa shape index (κ1) is 22.5. The average molecular weight is 469 g/mol. The minimum Gasteiger partial charge on any atom is -0.334 e. The highest BCUT2D eigenvalue weighted by Gasteiger charge is 2.36. The molecule has 1 atom stereocenters. The van der Waals surface area contributed by atoms with Crippen LogP contribution in [0.15, 0.2) is 77.0 Å². The molecule has 0 bridgehead atoms. The lowest BCUT2D eigenvalue weighted by Crippen LogP contribution is -2.46. The second-order valence-corrected chi connectivity index (χ2v) is 8.83. The highest BCUT2D eigenvalue weighted by atomic mass is 19.1. The molecule has 176 valence electrons. The monoisotopic (exact) mass is 468 g/mol. The molecule has 7 heteroatoms. The molecule has 0 aliphatic carbocycles. The number of benzene rings is 3. The number of halogens is 1. The van der Waals surface area contributed by atoms with E-state index >= 15 is 0 Å². The Morgan fingerprint density at radius 1 is 0.914 bits per heavy atom. The number of hydrogen-bond donors (Lipinski definition) is 1. The molecule has 0 fully saturated rings. The number of nitrogens with one attached hydrogen (secondary N) is 1. The maximum Gasteiger partial charge on any atom is 0.326 e. The van der Waals surface area contributed by atoms with Crippen LogP contribution in [0.5, 0.6) is 0 Å². The number of aromatic nitrogens is 2. The number of carbonyl (C=O) groups is 1. The number of urea groups is 1. The molecule has 1 aliphatic heterocycles. The molecular formula is C28H25FN4O2. The smallest absolute Gasteiger partial charge is 0.326 e. The van der Waals surface area contributed by atoms with Crippen LogP contribution < -0.4 is 10.2 Å². The van der Waals surface area contributed by atoms with Crippen LogP contribution >= 0.6 is 0 Å². The van der Waals surface area contributed by atoms with Crippen molar-refractivity contribution in [2.75, 3.05) is 4.90 Å². The second-order valence-electron chi connectivity index (χ2n) is 8.83. The Morgan fingerprint density at radius 3 is 2.31 bits per heavy atom. The number of nitrogens with zero attached hydrogens (tertiary/aromatic N) is 3. The zero-order valence-electron chi connectivity index (χ0n) is 20.0. The van der Waals surface area contributed by atoms with Crippen molar-refractivity contribution in [1.82, 2.24) is 15.5 Å². The van der Waals surface area contributed by atoms with Gasteiger partial charge in [0.15, 0.2) is 0 Å². The number of anilines is 1. The van der Waals surface area contributed by atoms with Gasteiger partial charge in [-0.05, 0) is 68.7 Å². The van der Waals surface area contributed by atoms with Gasteiger partial charge in [0.1, 0.15) is 5.82 Å². The zero-order chi connectivity index (χ0) is 24.7. The van der Waals surface area contributed by atoms with E-state index in [1.807, 2.05) is 64.1 Å². The summed E-state index contributed by atoms with van der Waals surface area (Å²) in [6.45, 7) is 7.93. The summed E-state index contributed by atoms with van der Waals surface area (Å²) in [6.07, 6.45) is 0. The Kier molecular flexibility index (Phi) is 5.68. The zero-order valence-corrected chi connectivity index (χ0v) is 20.0. The molecule has 3 aromatic carbocycles. The Balaban J connectivity index is 1.66. The third-order valence-corrected chi connectivity index (χ3v) is 6.40. The predicted molar refractivity (Wildman–Crippen MR) is 133 cm³/mol. The van der Waals surface area contributed by atoms with E-state index < -0.39 is 6.04 Å². The third-order valence-electron chi connectivity index (χ3n) is 6.40. The quantitative estimate of drug-likeness (QED) is 0.371. The largest absolute Gasteiger partial charge is 0.334 e. The molecule has 1 aliphatic rings. The van der Waals surface area contributed by atoms with E-state index in [9.17, 15) is 9.18 Å². The summed E-state index contributed by atoms with van der Waals surface area (Å²) in [5.74, 6) is 0.401. The fourth-order valence-electron chi connectivity index (χ4n) is 4.27. The summed E-state index contributed by atoms with van der Waals surface area (Å²) in [6, 6.07) is 18.9. The molecule has 1 N–H and O–H groups in total. The number of hydrogen-bond acceptors (Lipinski definition) is 4. The maximum atomic E-state index is 13.6. The molecule has 1 aromatic heterocycles. The fourth-order valence-corrected chi connectivity index (χ4v) is 4.27. The topological polar surface area (TPSA) is 71.3 Å². The van der Waals surface area contributed by atoms with E-state index in [1.54, 1.807) is 12.1 Å². The average Bonchev–Trinajstić information content (AvgIpc) is 3.32. The second kappa shape index (κ2) is 8.83. The standard InChI is InChI=1S/C28H25FN4O2/c1-16-5-8-20(9-6-16)26-31-27(35-32-26)24-19(4)33(23-13-11-22(29)12-14-23)28(34)30-25(24)21-10-7-17(2)18(3)15-21/h5-15,25H,1-4H3,(H,30,34). The number of rotatable bonds is 4.